The number of hydrogen-bond acceptors (Lipinski definition) is 2. The van der Waals surface area contributed by atoms with Gasteiger partial charge in [-0.25, -0.2) is 9.37 Å². The van der Waals surface area contributed by atoms with Crippen LogP contribution in [0.4, 0.5) is 4.39 Å². The molecule has 16 heavy (non-hydrogen) atoms. The molecule has 0 amide bonds. The molecule has 0 aliphatic rings. The number of carbonyl (C=O) groups excluding carboxylic acids is 1. The van der Waals surface area contributed by atoms with Crippen molar-refractivity contribution in [3.05, 3.63) is 43.3 Å². The third kappa shape index (κ3) is 1.99. The van der Waals surface area contributed by atoms with Crippen molar-refractivity contribution in [1.82, 2.24) is 9.55 Å². The number of aldehydes is 1. The molecule has 0 atom stereocenters. The predicted octanol–water partition coefficient (Wildman–Crippen LogP) is 3.03. The quantitative estimate of drug-likeness (QED) is 0.530. The largest absolute Gasteiger partial charge is 0.298 e. The molecule has 0 saturated heterocycles. The van der Waals surface area contributed by atoms with Crippen LogP contribution >= 0.6 is 45.2 Å². The highest BCUT2D eigenvalue weighted by Crippen LogP contribution is 2.21. The molecule has 0 aliphatic heterocycles. The molecule has 1 aromatic heterocycles. The summed E-state index contributed by atoms with van der Waals surface area (Å²) in [6.07, 6.45) is 2.10. The fraction of sp³-hybridized carbons (Fsp3) is 0. The molecule has 0 unspecified atom stereocenters. The predicted molar refractivity (Wildman–Crippen MR) is 74.3 cm³/mol. The van der Waals surface area contributed by atoms with Crippen molar-refractivity contribution in [2.75, 3.05) is 0 Å². The summed E-state index contributed by atoms with van der Waals surface area (Å²) in [6.45, 7) is 0. The number of benzene rings is 1. The van der Waals surface area contributed by atoms with Crippen LogP contribution in [0.3, 0.4) is 0 Å². The summed E-state index contributed by atoms with van der Waals surface area (Å²) in [6, 6.07) is 4.52. The normalized spacial score (nSPS) is 10.4. The van der Waals surface area contributed by atoms with Gasteiger partial charge in [0.2, 0.25) is 0 Å². The van der Waals surface area contributed by atoms with E-state index in [1.807, 2.05) is 0 Å². The SMILES string of the molecule is O=Cc1c(F)cccc1-n1cnc(I)c1I. The van der Waals surface area contributed by atoms with Crippen molar-refractivity contribution < 1.29 is 9.18 Å². The van der Waals surface area contributed by atoms with E-state index in [-0.39, 0.29) is 5.56 Å². The molecule has 0 fully saturated rings. The lowest BCUT2D eigenvalue weighted by atomic mass is 10.2. The molecule has 0 N–H and O–H groups in total. The van der Waals surface area contributed by atoms with Crippen LogP contribution in [0, 0.1) is 13.2 Å². The van der Waals surface area contributed by atoms with E-state index in [0.29, 0.717) is 12.0 Å². The summed E-state index contributed by atoms with van der Waals surface area (Å²) < 4.78 is 16.8. The van der Waals surface area contributed by atoms with Gasteiger partial charge in [-0.1, -0.05) is 6.07 Å². The summed E-state index contributed by atoms with van der Waals surface area (Å²) in [5, 5.41) is 0. The molecule has 2 aromatic rings. The molecule has 82 valence electrons. The molecule has 1 aromatic carbocycles. The summed E-state index contributed by atoms with van der Waals surface area (Å²) >= 11 is 4.19. The number of halogens is 3. The lowest BCUT2D eigenvalue weighted by Gasteiger charge is -2.07. The first-order valence-corrected chi connectivity index (χ1v) is 6.43. The van der Waals surface area contributed by atoms with E-state index in [1.54, 1.807) is 23.0 Å². The van der Waals surface area contributed by atoms with Crippen molar-refractivity contribution >= 4 is 51.5 Å². The van der Waals surface area contributed by atoms with Crippen molar-refractivity contribution in [2.45, 2.75) is 0 Å². The molecule has 2 rings (SSSR count). The maximum atomic E-state index is 13.4. The molecule has 0 spiro atoms. The Kier molecular flexibility index (Phi) is 3.57. The molecular weight excluding hydrogens is 437 g/mol. The van der Waals surface area contributed by atoms with Crippen LogP contribution in [-0.2, 0) is 0 Å². The third-order valence-corrected chi connectivity index (χ3v) is 4.93. The summed E-state index contributed by atoms with van der Waals surface area (Å²) in [5.41, 5.74) is 0.559. The minimum absolute atomic E-state index is 0.0502. The Morgan fingerprint density at radius 2 is 2.12 bits per heavy atom. The van der Waals surface area contributed by atoms with Gasteiger partial charge in [0, 0.05) is 0 Å². The molecule has 0 aliphatic carbocycles. The van der Waals surface area contributed by atoms with Gasteiger partial charge in [-0.3, -0.25) is 9.36 Å². The van der Waals surface area contributed by atoms with Crippen LogP contribution in [0.1, 0.15) is 10.4 Å². The zero-order valence-corrected chi connectivity index (χ0v) is 12.1. The van der Waals surface area contributed by atoms with Crippen LogP contribution < -0.4 is 0 Å². The van der Waals surface area contributed by atoms with E-state index in [4.69, 9.17) is 0 Å². The van der Waals surface area contributed by atoms with E-state index < -0.39 is 5.82 Å². The van der Waals surface area contributed by atoms with Gasteiger partial charge in [-0.15, -0.1) is 0 Å². The Hall–Kier alpha value is -0.510. The van der Waals surface area contributed by atoms with Gasteiger partial charge >= 0.3 is 0 Å². The number of aromatic nitrogens is 2. The number of rotatable bonds is 2. The number of hydrogen-bond donors (Lipinski definition) is 0. The summed E-state index contributed by atoms with van der Waals surface area (Å²) in [5.74, 6) is -0.521. The maximum Gasteiger partial charge on any atom is 0.155 e. The monoisotopic (exact) mass is 442 g/mol. The van der Waals surface area contributed by atoms with Gasteiger partial charge in [-0.2, -0.15) is 0 Å². The number of imidazole rings is 1. The molecular formula is C10H5FI2N2O. The molecule has 3 nitrogen and oxygen atoms in total. The van der Waals surface area contributed by atoms with Gasteiger partial charge in [0.05, 0.1) is 11.3 Å². The Morgan fingerprint density at radius 1 is 1.38 bits per heavy atom. The first-order valence-electron chi connectivity index (χ1n) is 4.27. The highest BCUT2D eigenvalue weighted by atomic mass is 127. The van der Waals surface area contributed by atoms with E-state index in [0.717, 1.165) is 7.40 Å². The van der Waals surface area contributed by atoms with E-state index in [1.165, 1.54) is 6.07 Å². The molecule has 0 radical (unpaired) electrons. The second-order valence-corrected chi connectivity index (χ2v) is 5.03. The van der Waals surface area contributed by atoms with Crippen molar-refractivity contribution in [1.29, 1.82) is 0 Å². The average molecular weight is 442 g/mol. The van der Waals surface area contributed by atoms with Gasteiger partial charge in [0.25, 0.3) is 0 Å². The second-order valence-electron chi connectivity index (χ2n) is 2.99. The first-order chi connectivity index (χ1) is 7.65. The van der Waals surface area contributed by atoms with Crippen LogP contribution in [0.15, 0.2) is 24.5 Å². The molecule has 0 bridgehead atoms. The maximum absolute atomic E-state index is 13.4. The number of carbonyl (C=O) groups is 1. The summed E-state index contributed by atoms with van der Waals surface area (Å²) in [7, 11) is 0. The Balaban J connectivity index is 2.69. The lowest BCUT2D eigenvalue weighted by Crippen LogP contribution is -2.02. The van der Waals surface area contributed by atoms with Crippen LogP contribution in [0.2, 0.25) is 0 Å². The van der Waals surface area contributed by atoms with Crippen molar-refractivity contribution in [2.24, 2.45) is 0 Å². The average Bonchev–Trinajstić information content (AvgIpc) is 2.59. The molecule has 1 heterocycles. The Bertz CT molecular complexity index is 554. The van der Waals surface area contributed by atoms with Gasteiger partial charge in [0.1, 0.15) is 19.5 Å². The summed E-state index contributed by atoms with van der Waals surface area (Å²) in [4.78, 5) is 15.0. The Labute approximate surface area is 118 Å². The zero-order chi connectivity index (χ0) is 11.7. The van der Waals surface area contributed by atoms with E-state index in [2.05, 4.69) is 50.2 Å². The minimum atomic E-state index is -0.521. The fourth-order valence-electron chi connectivity index (χ4n) is 1.33. The van der Waals surface area contributed by atoms with Gasteiger partial charge < -0.3 is 0 Å². The second kappa shape index (κ2) is 4.78. The van der Waals surface area contributed by atoms with Gasteiger partial charge in [-0.05, 0) is 57.3 Å². The smallest absolute Gasteiger partial charge is 0.155 e. The van der Waals surface area contributed by atoms with Crippen molar-refractivity contribution in [3.8, 4) is 5.69 Å². The first kappa shape index (κ1) is 12.0. The molecule has 6 heteroatoms. The highest BCUT2D eigenvalue weighted by Gasteiger charge is 2.13. The zero-order valence-electron chi connectivity index (χ0n) is 7.82. The van der Waals surface area contributed by atoms with Crippen LogP contribution in [-0.4, -0.2) is 15.8 Å². The molecule has 0 saturated carbocycles. The topological polar surface area (TPSA) is 34.9 Å². The van der Waals surface area contributed by atoms with E-state index >= 15 is 0 Å². The minimum Gasteiger partial charge on any atom is -0.298 e. The van der Waals surface area contributed by atoms with Crippen LogP contribution in [0.25, 0.3) is 5.69 Å². The third-order valence-electron chi connectivity index (χ3n) is 2.08. The standard InChI is InChI=1S/C10H5FI2N2O/c11-7-2-1-3-8(6(7)4-16)15-5-14-9(12)10(15)13/h1-5H. The van der Waals surface area contributed by atoms with E-state index in [9.17, 15) is 9.18 Å². The number of nitrogens with zero attached hydrogens (tertiary/aromatic N) is 2. The van der Waals surface area contributed by atoms with Crippen molar-refractivity contribution in [3.63, 3.8) is 0 Å². The van der Waals surface area contributed by atoms with Crippen LogP contribution in [0.5, 0.6) is 0 Å². The lowest BCUT2D eigenvalue weighted by molar-refractivity contribution is 0.112. The highest BCUT2D eigenvalue weighted by molar-refractivity contribution is 14.1. The fourth-order valence-corrected chi connectivity index (χ4v) is 2.24. The Morgan fingerprint density at radius 3 is 2.69 bits per heavy atom. The van der Waals surface area contributed by atoms with Gasteiger partial charge in [0.15, 0.2) is 6.29 Å².